The van der Waals surface area contributed by atoms with Crippen LogP contribution >= 0.6 is 0 Å². The molecule has 1 fully saturated rings. The molecule has 160 valence electrons. The largest absolute Gasteiger partial charge is 0.416 e. The maximum absolute atomic E-state index is 13.3. The standard InChI is InChI=1S/C21H20F3N7/c1-11-26-19(8-20(27-11)31-13(3)25-12(2)29-31)30-9-14(10-30)18-7-15-16(21(22,23)24)5-4-6-17(15)28-18/h4-6,8,14H,7,9-10H2,1-3H3. The van der Waals surface area contributed by atoms with Gasteiger partial charge in [-0.1, -0.05) is 6.07 Å². The molecule has 2 aliphatic rings. The Bertz CT molecular complexity index is 1210. The molecule has 2 aliphatic heterocycles. The van der Waals surface area contributed by atoms with Gasteiger partial charge in [-0.2, -0.15) is 17.9 Å². The van der Waals surface area contributed by atoms with Gasteiger partial charge in [0.15, 0.2) is 5.82 Å². The van der Waals surface area contributed by atoms with Crippen molar-refractivity contribution in [2.24, 2.45) is 10.9 Å². The number of halogens is 3. The summed E-state index contributed by atoms with van der Waals surface area (Å²) in [6.45, 7) is 6.81. The van der Waals surface area contributed by atoms with E-state index >= 15 is 0 Å². The monoisotopic (exact) mass is 427 g/mol. The zero-order valence-corrected chi connectivity index (χ0v) is 17.3. The maximum Gasteiger partial charge on any atom is 0.416 e. The third-order valence-electron chi connectivity index (χ3n) is 5.66. The van der Waals surface area contributed by atoms with Gasteiger partial charge in [0.1, 0.15) is 23.3 Å². The number of fused-ring (bicyclic) bond motifs is 1. The SMILES string of the molecule is Cc1nc(N2CC(C3=Nc4cccc(C(F)(F)F)c4C3)C2)cc(-n2nc(C)nc2C)n1. The molecule has 0 radical (unpaired) electrons. The summed E-state index contributed by atoms with van der Waals surface area (Å²) in [5, 5.41) is 4.38. The van der Waals surface area contributed by atoms with Crippen molar-refractivity contribution in [2.75, 3.05) is 18.0 Å². The molecular formula is C21H20F3N7. The van der Waals surface area contributed by atoms with Crippen LogP contribution in [0.1, 0.15) is 28.6 Å². The first-order chi connectivity index (χ1) is 14.7. The van der Waals surface area contributed by atoms with E-state index in [9.17, 15) is 13.2 Å². The lowest BCUT2D eigenvalue weighted by Crippen LogP contribution is -2.51. The van der Waals surface area contributed by atoms with Crippen LogP contribution in [0.15, 0.2) is 29.3 Å². The Labute approximate surface area is 176 Å². The van der Waals surface area contributed by atoms with Crippen LogP contribution in [0.4, 0.5) is 24.7 Å². The molecule has 3 aromatic rings. The first-order valence-electron chi connectivity index (χ1n) is 9.97. The van der Waals surface area contributed by atoms with Crippen LogP contribution in [0, 0.1) is 26.7 Å². The van der Waals surface area contributed by atoms with Crippen molar-refractivity contribution in [1.29, 1.82) is 0 Å². The summed E-state index contributed by atoms with van der Waals surface area (Å²) in [5.74, 6) is 3.52. The highest BCUT2D eigenvalue weighted by molar-refractivity contribution is 5.97. The number of aliphatic imine (C=N–C) groups is 1. The van der Waals surface area contributed by atoms with Crippen LogP contribution in [0.25, 0.3) is 5.82 Å². The van der Waals surface area contributed by atoms with E-state index in [-0.39, 0.29) is 17.9 Å². The summed E-state index contributed by atoms with van der Waals surface area (Å²) in [4.78, 5) is 19.9. The maximum atomic E-state index is 13.3. The molecule has 0 N–H and O–H groups in total. The van der Waals surface area contributed by atoms with Crippen LogP contribution in [0.5, 0.6) is 0 Å². The number of hydrogen-bond acceptors (Lipinski definition) is 6. The van der Waals surface area contributed by atoms with Crippen LogP contribution in [0.2, 0.25) is 0 Å². The van der Waals surface area contributed by atoms with Crippen LogP contribution in [-0.4, -0.2) is 43.5 Å². The Morgan fingerprint density at radius 1 is 0.968 bits per heavy atom. The summed E-state index contributed by atoms with van der Waals surface area (Å²) >= 11 is 0. The van der Waals surface area contributed by atoms with Gasteiger partial charge in [-0.05, 0) is 38.5 Å². The molecule has 0 atom stereocenters. The Kier molecular flexibility index (Phi) is 4.35. The molecule has 0 spiro atoms. The molecular weight excluding hydrogens is 407 g/mol. The molecule has 0 unspecified atom stereocenters. The minimum atomic E-state index is -4.37. The minimum Gasteiger partial charge on any atom is -0.355 e. The molecule has 0 saturated carbocycles. The van der Waals surface area contributed by atoms with Gasteiger partial charge in [-0.25, -0.2) is 15.0 Å². The summed E-state index contributed by atoms with van der Waals surface area (Å²) in [6.07, 6.45) is -4.12. The predicted molar refractivity (Wildman–Crippen MR) is 109 cm³/mol. The average molecular weight is 427 g/mol. The van der Waals surface area contributed by atoms with E-state index in [1.54, 1.807) is 10.7 Å². The Hall–Kier alpha value is -3.30. The summed E-state index contributed by atoms with van der Waals surface area (Å²) in [5.41, 5.74) is 0.923. The molecule has 1 saturated heterocycles. The topological polar surface area (TPSA) is 72.1 Å². The van der Waals surface area contributed by atoms with Gasteiger partial charge in [0.25, 0.3) is 0 Å². The Morgan fingerprint density at radius 2 is 1.71 bits per heavy atom. The van der Waals surface area contributed by atoms with Gasteiger partial charge in [0.05, 0.1) is 11.3 Å². The van der Waals surface area contributed by atoms with E-state index in [1.807, 2.05) is 26.8 Å². The number of hydrogen-bond donors (Lipinski definition) is 0. The quantitative estimate of drug-likeness (QED) is 0.636. The second kappa shape index (κ2) is 6.86. The van der Waals surface area contributed by atoms with Gasteiger partial charge in [0, 0.05) is 37.2 Å². The Balaban J connectivity index is 1.33. The van der Waals surface area contributed by atoms with Crippen molar-refractivity contribution in [3.05, 3.63) is 52.9 Å². The number of benzene rings is 1. The summed E-state index contributed by atoms with van der Waals surface area (Å²) < 4.78 is 41.6. The zero-order chi connectivity index (χ0) is 21.9. The molecule has 0 amide bonds. The molecule has 7 nitrogen and oxygen atoms in total. The molecule has 2 aromatic heterocycles. The third kappa shape index (κ3) is 3.45. The van der Waals surface area contributed by atoms with Gasteiger partial charge >= 0.3 is 6.18 Å². The number of anilines is 1. The fourth-order valence-electron chi connectivity index (χ4n) is 4.16. The van der Waals surface area contributed by atoms with Crippen molar-refractivity contribution >= 4 is 17.2 Å². The van der Waals surface area contributed by atoms with E-state index in [1.165, 1.54) is 6.07 Å². The fourth-order valence-corrected chi connectivity index (χ4v) is 4.16. The second-order valence-electron chi connectivity index (χ2n) is 7.93. The van der Waals surface area contributed by atoms with Crippen LogP contribution in [-0.2, 0) is 12.6 Å². The summed E-state index contributed by atoms with van der Waals surface area (Å²) in [6, 6.07) is 6.05. The lowest BCUT2D eigenvalue weighted by molar-refractivity contribution is -0.138. The number of nitrogens with zero attached hydrogens (tertiary/aromatic N) is 7. The van der Waals surface area contributed by atoms with Crippen molar-refractivity contribution in [3.8, 4) is 5.82 Å². The van der Waals surface area contributed by atoms with E-state index in [0.29, 0.717) is 36.2 Å². The smallest absolute Gasteiger partial charge is 0.355 e. The summed E-state index contributed by atoms with van der Waals surface area (Å²) in [7, 11) is 0. The van der Waals surface area contributed by atoms with E-state index in [2.05, 4.69) is 29.9 Å². The third-order valence-corrected chi connectivity index (χ3v) is 5.66. The van der Waals surface area contributed by atoms with E-state index < -0.39 is 11.7 Å². The fraction of sp³-hybridized carbons (Fsp3) is 0.381. The van der Waals surface area contributed by atoms with E-state index in [4.69, 9.17) is 0 Å². The average Bonchev–Trinajstić information content (AvgIpc) is 3.21. The van der Waals surface area contributed by atoms with Crippen molar-refractivity contribution in [3.63, 3.8) is 0 Å². The van der Waals surface area contributed by atoms with Gasteiger partial charge in [-0.3, -0.25) is 4.99 Å². The highest BCUT2D eigenvalue weighted by Gasteiger charge is 2.39. The molecule has 1 aromatic carbocycles. The Morgan fingerprint density at radius 3 is 2.39 bits per heavy atom. The minimum absolute atomic E-state index is 0.0996. The molecule has 0 aliphatic carbocycles. The highest BCUT2D eigenvalue weighted by atomic mass is 19.4. The molecule has 4 heterocycles. The lowest BCUT2D eigenvalue weighted by atomic mass is 9.90. The number of aryl methyl sites for hydroxylation is 3. The zero-order valence-electron chi connectivity index (χ0n) is 17.3. The normalized spacial score (nSPS) is 16.3. The van der Waals surface area contributed by atoms with Gasteiger partial charge in [-0.15, -0.1) is 5.10 Å². The first-order valence-corrected chi connectivity index (χ1v) is 9.97. The van der Waals surface area contributed by atoms with Crippen molar-refractivity contribution in [1.82, 2.24) is 24.7 Å². The lowest BCUT2D eigenvalue weighted by Gasteiger charge is -2.40. The van der Waals surface area contributed by atoms with Crippen molar-refractivity contribution < 1.29 is 13.2 Å². The predicted octanol–water partition coefficient (Wildman–Crippen LogP) is 3.77. The van der Waals surface area contributed by atoms with Crippen LogP contribution < -0.4 is 4.90 Å². The number of aromatic nitrogens is 5. The van der Waals surface area contributed by atoms with Crippen molar-refractivity contribution in [2.45, 2.75) is 33.4 Å². The van der Waals surface area contributed by atoms with Crippen LogP contribution in [0.3, 0.4) is 0 Å². The van der Waals surface area contributed by atoms with Gasteiger partial charge < -0.3 is 4.90 Å². The highest BCUT2D eigenvalue weighted by Crippen LogP contribution is 2.41. The van der Waals surface area contributed by atoms with E-state index in [0.717, 1.165) is 23.4 Å². The molecule has 0 bridgehead atoms. The molecule has 31 heavy (non-hydrogen) atoms. The first kappa shape index (κ1) is 19.7. The number of rotatable bonds is 3. The molecule has 5 rings (SSSR count). The second-order valence-corrected chi connectivity index (χ2v) is 7.93. The molecule has 10 heteroatoms. The van der Waals surface area contributed by atoms with Gasteiger partial charge in [0.2, 0.25) is 0 Å². The number of alkyl halides is 3.